The van der Waals surface area contributed by atoms with Gasteiger partial charge < -0.3 is 72.2 Å². The highest BCUT2D eigenvalue weighted by Crippen LogP contribution is 2.38. The molecule has 1 aromatic rings. The van der Waals surface area contributed by atoms with Crippen LogP contribution in [0.15, 0.2) is 30.3 Å². The van der Waals surface area contributed by atoms with Gasteiger partial charge in [0.25, 0.3) is 0 Å². The summed E-state index contributed by atoms with van der Waals surface area (Å²) in [5.41, 5.74) is -0.653. The molecule has 2 N–H and O–H groups in total. The van der Waals surface area contributed by atoms with Crippen LogP contribution in [0.2, 0.25) is 0 Å². The number of carbonyl (C=O) groups excluding carboxylic acids is 10. The van der Waals surface area contributed by atoms with Crippen molar-refractivity contribution in [3.8, 4) is 0 Å². The number of rotatable bonds is 59. The highest BCUT2D eigenvalue weighted by atomic mass is 16.7. The molecule has 0 radical (unpaired) electrons. The second-order valence-corrected chi connectivity index (χ2v) is 30.7. The van der Waals surface area contributed by atoms with Crippen molar-refractivity contribution in [2.45, 2.75) is 293 Å². The average Bonchev–Trinajstić information content (AvgIpc) is 0.827. The van der Waals surface area contributed by atoms with E-state index < -0.39 is 30.5 Å². The van der Waals surface area contributed by atoms with Crippen molar-refractivity contribution in [3.63, 3.8) is 0 Å². The Labute approximate surface area is 644 Å². The molecular weight excluding hydrogens is 1390 g/mol. The molecule has 0 bridgehead atoms. The van der Waals surface area contributed by atoms with Crippen molar-refractivity contribution >= 4 is 58.8 Å². The summed E-state index contributed by atoms with van der Waals surface area (Å²) in [6.07, 6.45) is 9.82. The smallest absolute Gasteiger partial charge is 0.408 e. The third kappa shape index (κ3) is 39.0. The largest absolute Gasteiger partial charge is 0.463 e. The normalized spacial score (nSPS) is 24.7. The van der Waals surface area contributed by atoms with Gasteiger partial charge in [0, 0.05) is 136 Å². The molecule has 3 heterocycles. The minimum Gasteiger partial charge on any atom is -0.463 e. The van der Waals surface area contributed by atoms with E-state index in [0.717, 1.165) is 5.56 Å². The Balaban J connectivity index is 1.22. The molecule has 108 heavy (non-hydrogen) atoms. The van der Waals surface area contributed by atoms with Crippen molar-refractivity contribution in [3.05, 3.63) is 35.9 Å². The number of ether oxygens (including phenoxy) is 13. The van der Waals surface area contributed by atoms with Crippen LogP contribution in [0.4, 0.5) is 4.79 Å². The zero-order valence-corrected chi connectivity index (χ0v) is 67.5. The van der Waals surface area contributed by atoms with E-state index in [1.807, 2.05) is 30.3 Å². The highest BCUT2D eigenvalue weighted by molar-refractivity contribution is 5.80. The number of esters is 3. The van der Waals surface area contributed by atoms with Gasteiger partial charge >= 0.3 is 24.0 Å². The lowest BCUT2D eigenvalue weighted by molar-refractivity contribution is -0.255. The molecule has 3 saturated heterocycles. The zero-order valence-electron chi connectivity index (χ0n) is 67.5. The first kappa shape index (κ1) is 94.7. The molecule has 3 aliphatic rings. The first-order valence-electron chi connectivity index (χ1n) is 40.5. The highest BCUT2D eigenvalue weighted by Gasteiger charge is 2.43. The summed E-state index contributed by atoms with van der Waals surface area (Å²) in [7, 11) is 0. The Hall–Kier alpha value is -5.64. The van der Waals surface area contributed by atoms with E-state index in [0.29, 0.717) is 185 Å². The number of ketones is 5. The second-order valence-electron chi connectivity index (χ2n) is 30.7. The van der Waals surface area contributed by atoms with Crippen LogP contribution in [0.3, 0.4) is 0 Å². The van der Waals surface area contributed by atoms with E-state index in [4.69, 9.17) is 61.6 Å². The van der Waals surface area contributed by atoms with Gasteiger partial charge in [0.15, 0.2) is 18.9 Å². The van der Waals surface area contributed by atoms with Crippen molar-refractivity contribution in [1.29, 1.82) is 0 Å². The van der Waals surface area contributed by atoms with Gasteiger partial charge in [0.1, 0.15) is 60.9 Å². The first-order chi connectivity index (χ1) is 51.7. The van der Waals surface area contributed by atoms with Gasteiger partial charge in [-0.15, -0.1) is 0 Å². The quantitative estimate of drug-likeness (QED) is 0.0348. The molecule has 2 amide bonds. The fraction of sp³-hybridized carbons (Fsp3) is 0.807. The van der Waals surface area contributed by atoms with Gasteiger partial charge in [0.2, 0.25) is 5.91 Å². The number of unbranched alkanes of at least 4 members (excludes halogenated alkanes) is 8. The van der Waals surface area contributed by atoms with Crippen molar-refractivity contribution in [1.82, 2.24) is 10.6 Å². The maximum atomic E-state index is 13.7. The molecule has 616 valence electrons. The minimum atomic E-state index is -1.40. The SMILES string of the molecule is CC(=O)OCC1O[C@@H](OCCCCC(=O)CCCCCC(=O)CCOCC(COCCC(=O)CCCCCC(=O)CCCCO[C@@H]2OC(COC(C)=O)[C@H](C)C(C)[C@@H]2C)(COCCC(=O)NCCCCC(=O)CCCCO[C@@H]2OC(COC(C)=O)[C@H](C)C(C)[C@@H]2C)NC(=O)OCc2ccccc2)[C@@H](C)C(C)[C@H]1C. The molecule has 15 atom stereocenters. The monoisotopic (exact) mass is 1530 g/mol. The summed E-state index contributed by atoms with van der Waals surface area (Å²) in [6.45, 7) is 24.8. The summed E-state index contributed by atoms with van der Waals surface area (Å²) < 4.78 is 76.7. The molecule has 0 saturated carbocycles. The van der Waals surface area contributed by atoms with Crippen LogP contribution in [0.1, 0.15) is 249 Å². The topological polar surface area (TPSA) is 315 Å². The first-order valence-corrected chi connectivity index (χ1v) is 40.5. The number of carbonyl (C=O) groups is 10. The Bertz CT molecular complexity index is 2540. The van der Waals surface area contributed by atoms with Crippen LogP contribution in [-0.4, -0.2) is 187 Å². The molecule has 0 aliphatic carbocycles. The van der Waals surface area contributed by atoms with Gasteiger partial charge in [-0.1, -0.05) is 105 Å². The van der Waals surface area contributed by atoms with Crippen LogP contribution < -0.4 is 10.6 Å². The van der Waals surface area contributed by atoms with Crippen LogP contribution in [0, 0.1) is 53.3 Å². The Morgan fingerprint density at radius 1 is 0.352 bits per heavy atom. The molecule has 6 unspecified atom stereocenters. The molecule has 3 fully saturated rings. The van der Waals surface area contributed by atoms with E-state index in [1.54, 1.807) is 0 Å². The third-order valence-electron chi connectivity index (χ3n) is 22.0. The summed E-state index contributed by atoms with van der Waals surface area (Å²) in [6, 6.07) is 9.14. The lowest BCUT2D eigenvalue weighted by Gasteiger charge is -2.43. The number of Topliss-reactive ketones (excluding diaryl/α,β-unsaturated/α-hetero) is 5. The average molecular weight is 1530 g/mol. The van der Waals surface area contributed by atoms with Crippen molar-refractivity contribution in [2.75, 3.05) is 85.8 Å². The Kier molecular flexibility index (Phi) is 47.5. The van der Waals surface area contributed by atoms with E-state index >= 15 is 0 Å². The predicted molar refractivity (Wildman–Crippen MR) is 405 cm³/mol. The van der Waals surface area contributed by atoms with Crippen LogP contribution >= 0.6 is 0 Å². The summed E-state index contributed by atoms with van der Waals surface area (Å²) >= 11 is 0. The van der Waals surface area contributed by atoms with Gasteiger partial charge in [0.05, 0.1) is 58.0 Å². The maximum Gasteiger partial charge on any atom is 0.408 e. The van der Waals surface area contributed by atoms with Gasteiger partial charge in [-0.2, -0.15) is 0 Å². The van der Waals surface area contributed by atoms with Crippen molar-refractivity contribution < 1.29 is 110 Å². The molecule has 1 aromatic carbocycles. The molecule has 0 spiro atoms. The van der Waals surface area contributed by atoms with Gasteiger partial charge in [-0.25, -0.2) is 4.79 Å². The van der Waals surface area contributed by atoms with Gasteiger partial charge in [-0.05, 0) is 118 Å². The van der Waals surface area contributed by atoms with E-state index in [1.165, 1.54) is 20.8 Å². The summed E-state index contributed by atoms with van der Waals surface area (Å²) in [5.74, 6) is 1.10. The Morgan fingerprint density at radius 3 is 1.01 bits per heavy atom. The summed E-state index contributed by atoms with van der Waals surface area (Å²) in [4.78, 5) is 126. The molecule has 4 rings (SSSR count). The third-order valence-corrected chi connectivity index (χ3v) is 22.0. The Morgan fingerprint density at radius 2 is 0.667 bits per heavy atom. The van der Waals surface area contributed by atoms with Crippen molar-refractivity contribution in [2.24, 2.45) is 53.3 Å². The fourth-order valence-electron chi connectivity index (χ4n) is 13.7. The predicted octanol–water partition coefficient (Wildman–Crippen LogP) is 13.1. The maximum absolute atomic E-state index is 13.7. The van der Waals surface area contributed by atoms with E-state index in [-0.39, 0.29) is 192 Å². The number of alkyl carbamates (subject to hydrolysis) is 1. The molecule has 0 aromatic heterocycles. The lowest BCUT2D eigenvalue weighted by Crippen LogP contribution is -2.58. The zero-order chi connectivity index (χ0) is 79.2. The molecule has 25 nitrogen and oxygen atoms in total. The molecule has 25 heteroatoms. The number of hydrogen-bond acceptors (Lipinski definition) is 23. The van der Waals surface area contributed by atoms with Crippen LogP contribution in [0.25, 0.3) is 0 Å². The molecule has 3 aliphatic heterocycles. The minimum absolute atomic E-state index is 0.0124. The van der Waals surface area contributed by atoms with Gasteiger partial charge in [-0.3, -0.25) is 43.2 Å². The fourth-order valence-corrected chi connectivity index (χ4v) is 13.7. The lowest BCUT2D eigenvalue weighted by atomic mass is 9.79. The van der Waals surface area contributed by atoms with E-state index in [2.05, 4.69) is 72.9 Å². The number of nitrogens with one attached hydrogen (secondary N) is 2. The number of amides is 2. The van der Waals surface area contributed by atoms with Crippen LogP contribution in [-0.2, 0) is 111 Å². The van der Waals surface area contributed by atoms with Crippen LogP contribution in [0.5, 0.6) is 0 Å². The molecular formula is C83H136N2O23. The number of benzene rings is 1. The summed E-state index contributed by atoms with van der Waals surface area (Å²) in [5, 5.41) is 5.81. The van der Waals surface area contributed by atoms with E-state index in [9.17, 15) is 47.9 Å². The number of hydrogen-bond donors (Lipinski definition) is 2. The standard InChI is InChI=1S/C83H136N2O23/c1-57-60(4)75(51-102-66(10)86)106-79(63(57)7)99-44-27-23-37-70(89)32-18-14-20-34-73(92)40-47-96-54-83(85-82(95)105-50-69-30-16-13-17-31-69,55-97-48-41-74(93)35-21-15-19-33-71(90)38-24-28-45-100-80-64(8)58(2)61(5)76(107-80)52-103-67(11)87)56-98-49-42-78(94)84-43-26-22-36-72(91)39-25-29-46-101-81-65(9)59(3)62(6)77(108-81)53-104-68(12)88/h13,16-17,30-31,57-65,75-77,79-81H,14-15,18-29,32-56H2,1-12H3,(H,84,94)(H,85,95)/t57?,58?,59?,60-,61-,62-,63+,64+,65+,75?,76?,77?,79-,80-,81-,83?/m1/s1. The second kappa shape index (κ2) is 54.1.